The number of nitrogens with zero attached hydrogens (tertiary/aromatic N) is 5. The molecule has 0 unspecified atom stereocenters. The van der Waals surface area contributed by atoms with Gasteiger partial charge in [-0.05, 0) is 49.1 Å². The van der Waals surface area contributed by atoms with Gasteiger partial charge >= 0.3 is 0 Å². The van der Waals surface area contributed by atoms with Gasteiger partial charge in [0, 0.05) is 62.3 Å². The van der Waals surface area contributed by atoms with Gasteiger partial charge in [0.05, 0.1) is 22.3 Å². The zero-order valence-corrected chi connectivity index (χ0v) is 20.3. The van der Waals surface area contributed by atoms with E-state index in [-0.39, 0.29) is 5.69 Å². The second-order valence-corrected chi connectivity index (χ2v) is 11.2. The molecular weight excluding hydrogens is 484 g/mol. The molecule has 4 aromatic rings. The number of halogens is 2. The Morgan fingerprint density at radius 1 is 0.972 bits per heavy atom. The standard InChI is InChI=1S/C26H25F2N5O2S/c27-22-13-19(14-23(28)26(22)32-11-9-31(10-12-32)17-18-4-5-18)36(34,35)33-8-6-20-21(15-29-16-25(20)33)24-3-1-2-7-30-24/h1-3,6-8,13-16,18H,4-5,9-12,17H2. The van der Waals surface area contributed by atoms with Gasteiger partial charge in [0.15, 0.2) is 11.6 Å². The van der Waals surface area contributed by atoms with E-state index in [0.717, 1.165) is 41.7 Å². The molecule has 7 nitrogen and oxygen atoms in total. The minimum Gasteiger partial charge on any atom is -0.364 e. The molecule has 10 heteroatoms. The molecule has 0 radical (unpaired) electrons. The van der Waals surface area contributed by atoms with Crippen molar-refractivity contribution in [2.75, 3.05) is 37.6 Å². The fraction of sp³-hybridized carbons (Fsp3) is 0.308. The van der Waals surface area contributed by atoms with E-state index >= 15 is 8.78 Å². The first kappa shape index (κ1) is 23.1. The number of piperazine rings is 1. The third-order valence-corrected chi connectivity index (χ3v) is 8.64. The van der Waals surface area contributed by atoms with E-state index in [0.29, 0.717) is 35.2 Å². The van der Waals surface area contributed by atoms with Crippen LogP contribution in [0.2, 0.25) is 0 Å². The SMILES string of the molecule is O=S(=O)(c1cc(F)c(N2CCN(CC3CC3)CC2)c(F)c1)n1ccc2c(-c3ccccn3)cncc21. The Labute approximate surface area is 208 Å². The number of fused-ring (bicyclic) bond motifs is 1. The minimum absolute atomic E-state index is 0.170. The Balaban J connectivity index is 1.31. The molecule has 6 rings (SSSR count). The molecule has 3 aromatic heterocycles. The molecule has 0 spiro atoms. The maximum absolute atomic E-state index is 15.2. The average molecular weight is 510 g/mol. The summed E-state index contributed by atoms with van der Waals surface area (Å²) in [5.74, 6) is -1.00. The lowest BCUT2D eigenvalue weighted by Gasteiger charge is -2.36. The zero-order chi connectivity index (χ0) is 24.9. The van der Waals surface area contributed by atoms with Crippen molar-refractivity contribution >= 4 is 26.6 Å². The largest absolute Gasteiger partial charge is 0.364 e. The molecular formula is C26H25F2N5O2S. The molecule has 1 saturated heterocycles. The van der Waals surface area contributed by atoms with Crippen molar-refractivity contribution < 1.29 is 17.2 Å². The summed E-state index contributed by atoms with van der Waals surface area (Å²) >= 11 is 0. The summed E-state index contributed by atoms with van der Waals surface area (Å²) in [6, 6.07) is 8.87. The van der Waals surface area contributed by atoms with E-state index in [1.54, 1.807) is 35.5 Å². The number of aromatic nitrogens is 3. The Kier molecular flexibility index (Phi) is 5.72. The molecule has 1 aliphatic carbocycles. The van der Waals surface area contributed by atoms with Crippen LogP contribution in [0.4, 0.5) is 14.5 Å². The smallest absolute Gasteiger partial charge is 0.268 e. The van der Waals surface area contributed by atoms with Gasteiger partial charge in [-0.2, -0.15) is 0 Å². The van der Waals surface area contributed by atoms with Crippen molar-refractivity contribution in [3.05, 3.63) is 72.8 Å². The number of benzene rings is 1. The average Bonchev–Trinajstić information content (AvgIpc) is 3.58. The highest BCUT2D eigenvalue weighted by Crippen LogP contribution is 2.33. The van der Waals surface area contributed by atoms with E-state index in [9.17, 15) is 8.42 Å². The van der Waals surface area contributed by atoms with Crippen LogP contribution < -0.4 is 4.90 Å². The molecule has 36 heavy (non-hydrogen) atoms. The van der Waals surface area contributed by atoms with Crippen LogP contribution in [0.3, 0.4) is 0 Å². The minimum atomic E-state index is -4.28. The number of pyridine rings is 2. The van der Waals surface area contributed by atoms with Crippen LogP contribution in [0.25, 0.3) is 22.2 Å². The second kappa shape index (κ2) is 8.94. The van der Waals surface area contributed by atoms with E-state index in [1.165, 1.54) is 25.2 Å². The molecule has 1 aromatic carbocycles. The molecule has 0 amide bonds. The molecule has 186 valence electrons. The topological polar surface area (TPSA) is 71.3 Å². The van der Waals surface area contributed by atoms with Crippen LogP contribution in [0.5, 0.6) is 0 Å². The van der Waals surface area contributed by atoms with Gasteiger partial charge in [0.25, 0.3) is 10.0 Å². The van der Waals surface area contributed by atoms with Crippen molar-refractivity contribution in [2.24, 2.45) is 5.92 Å². The fourth-order valence-corrected chi connectivity index (χ4v) is 6.25. The first-order chi connectivity index (χ1) is 17.4. The van der Waals surface area contributed by atoms with Crippen molar-refractivity contribution in [1.29, 1.82) is 0 Å². The normalized spacial score (nSPS) is 17.1. The summed E-state index contributed by atoms with van der Waals surface area (Å²) in [5.41, 5.74) is 1.44. The lowest BCUT2D eigenvalue weighted by molar-refractivity contribution is 0.247. The molecule has 1 aliphatic heterocycles. The van der Waals surface area contributed by atoms with E-state index < -0.39 is 26.6 Å². The van der Waals surface area contributed by atoms with Gasteiger partial charge in [-0.25, -0.2) is 21.2 Å². The van der Waals surface area contributed by atoms with Gasteiger partial charge < -0.3 is 4.90 Å². The van der Waals surface area contributed by atoms with Crippen LogP contribution in [-0.2, 0) is 10.0 Å². The zero-order valence-electron chi connectivity index (χ0n) is 19.5. The van der Waals surface area contributed by atoms with Gasteiger partial charge in [-0.1, -0.05) is 6.07 Å². The molecule has 2 fully saturated rings. The van der Waals surface area contributed by atoms with E-state index in [2.05, 4.69) is 14.9 Å². The van der Waals surface area contributed by atoms with Crippen molar-refractivity contribution in [3.63, 3.8) is 0 Å². The predicted octanol–water partition coefficient (Wildman–Crippen LogP) is 4.15. The third-order valence-electron chi connectivity index (χ3n) is 6.97. The maximum Gasteiger partial charge on any atom is 0.268 e. The van der Waals surface area contributed by atoms with Crippen LogP contribution >= 0.6 is 0 Å². The van der Waals surface area contributed by atoms with Crippen molar-refractivity contribution in [1.82, 2.24) is 18.8 Å². The number of rotatable bonds is 6. The molecule has 1 saturated carbocycles. The summed E-state index contributed by atoms with van der Waals surface area (Å²) in [4.78, 5) is 12.0. The highest BCUT2D eigenvalue weighted by molar-refractivity contribution is 7.90. The summed E-state index contributed by atoms with van der Waals surface area (Å²) in [7, 11) is -4.28. The first-order valence-electron chi connectivity index (χ1n) is 12.0. The van der Waals surface area contributed by atoms with Crippen molar-refractivity contribution in [2.45, 2.75) is 17.7 Å². The first-order valence-corrected chi connectivity index (χ1v) is 13.4. The van der Waals surface area contributed by atoms with E-state index in [4.69, 9.17) is 0 Å². The molecule has 4 heterocycles. The third kappa shape index (κ3) is 4.14. The number of hydrogen-bond acceptors (Lipinski definition) is 6. The van der Waals surface area contributed by atoms with Crippen molar-refractivity contribution in [3.8, 4) is 11.3 Å². The molecule has 0 N–H and O–H groups in total. The highest BCUT2D eigenvalue weighted by atomic mass is 32.2. The molecule has 0 atom stereocenters. The van der Waals surface area contributed by atoms with Crippen LogP contribution in [0.1, 0.15) is 12.8 Å². The summed E-state index contributed by atoms with van der Waals surface area (Å²) in [6.07, 6.45) is 8.56. The monoisotopic (exact) mass is 509 g/mol. The Hall–Kier alpha value is -3.37. The van der Waals surface area contributed by atoms with Crippen LogP contribution in [-0.4, -0.2) is 60.0 Å². The predicted molar refractivity (Wildman–Crippen MR) is 133 cm³/mol. The Morgan fingerprint density at radius 3 is 2.39 bits per heavy atom. The van der Waals surface area contributed by atoms with Crippen LogP contribution in [0, 0.1) is 17.6 Å². The van der Waals surface area contributed by atoms with Gasteiger partial charge in [0.2, 0.25) is 0 Å². The van der Waals surface area contributed by atoms with Gasteiger partial charge in [-0.15, -0.1) is 0 Å². The number of hydrogen-bond donors (Lipinski definition) is 0. The van der Waals surface area contributed by atoms with Gasteiger partial charge in [0.1, 0.15) is 5.69 Å². The maximum atomic E-state index is 15.2. The quantitative estimate of drug-likeness (QED) is 0.389. The van der Waals surface area contributed by atoms with E-state index in [1.807, 2.05) is 6.07 Å². The summed E-state index contributed by atoms with van der Waals surface area (Å²) in [5, 5.41) is 0.619. The lowest BCUT2D eigenvalue weighted by Crippen LogP contribution is -2.47. The molecule has 0 bridgehead atoms. The summed E-state index contributed by atoms with van der Waals surface area (Å²) in [6.45, 7) is 3.50. The fourth-order valence-electron chi connectivity index (χ4n) is 4.90. The van der Waals surface area contributed by atoms with Crippen LogP contribution in [0.15, 0.2) is 66.1 Å². The highest BCUT2D eigenvalue weighted by Gasteiger charge is 2.30. The second-order valence-electron chi connectivity index (χ2n) is 9.42. The Morgan fingerprint density at radius 2 is 1.72 bits per heavy atom. The number of anilines is 1. The molecule has 2 aliphatic rings. The van der Waals surface area contributed by atoms with Gasteiger partial charge in [-0.3, -0.25) is 14.9 Å². The lowest BCUT2D eigenvalue weighted by atomic mass is 10.1. The summed E-state index contributed by atoms with van der Waals surface area (Å²) < 4.78 is 58.3. The Bertz CT molecular complexity index is 1510.